The minimum absolute atomic E-state index is 0.0498. The van der Waals surface area contributed by atoms with E-state index in [9.17, 15) is 22.4 Å². The van der Waals surface area contributed by atoms with Gasteiger partial charge < -0.3 is 14.1 Å². The molecule has 1 saturated heterocycles. The zero-order chi connectivity index (χ0) is 21.2. The van der Waals surface area contributed by atoms with Gasteiger partial charge in [-0.1, -0.05) is 0 Å². The van der Waals surface area contributed by atoms with Crippen LogP contribution in [0.15, 0.2) is 40.8 Å². The fraction of sp³-hybridized carbons (Fsp3) is 0.400. The molecule has 2 atom stereocenters. The third kappa shape index (κ3) is 4.84. The van der Waals surface area contributed by atoms with Crippen LogP contribution in [-0.4, -0.2) is 55.4 Å². The Balaban J connectivity index is 1.65. The number of amides is 1. The molecular weight excluding hydrogens is 401 g/mol. The molecule has 0 radical (unpaired) electrons. The summed E-state index contributed by atoms with van der Waals surface area (Å²) in [5.74, 6) is -1.40. The molecule has 1 amide bonds. The normalized spacial score (nSPS) is 18.9. The number of nitrogens with zero attached hydrogens (tertiary/aromatic N) is 1. The average molecular weight is 423 g/mol. The fourth-order valence-corrected chi connectivity index (χ4v) is 5.07. The molecule has 156 valence electrons. The molecule has 0 bridgehead atoms. The van der Waals surface area contributed by atoms with Crippen molar-refractivity contribution >= 4 is 21.7 Å². The van der Waals surface area contributed by atoms with Gasteiger partial charge in [0.2, 0.25) is 5.76 Å². The lowest BCUT2D eigenvalue weighted by molar-refractivity contribution is -0.141. The van der Waals surface area contributed by atoms with Crippen LogP contribution in [0.3, 0.4) is 0 Å². The summed E-state index contributed by atoms with van der Waals surface area (Å²) in [4.78, 5) is 26.5. The predicted molar refractivity (Wildman–Crippen MR) is 103 cm³/mol. The minimum Gasteiger partial charge on any atom is -0.449 e. The van der Waals surface area contributed by atoms with Gasteiger partial charge >= 0.3 is 5.97 Å². The van der Waals surface area contributed by atoms with E-state index in [0.29, 0.717) is 24.3 Å². The number of benzene rings is 1. The highest BCUT2D eigenvalue weighted by molar-refractivity contribution is 7.91. The standard InChI is InChI=1S/C20H22FNO6S/c1-3-22(16-10-11-29(25,26)12-16)19(23)13(2)27-20(24)18-9-8-17(28-18)14-4-6-15(21)7-5-14/h4-9,13,16H,3,10-12H2,1-2H3. The zero-order valence-electron chi connectivity index (χ0n) is 16.1. The van der Waals surface area contributed by atoms with E-state index in [-0.39, 0.29) is 23.1 Å². The van der Waals surface area contributed by atoms with Crippen LogP contribution in [0.5, 0.6) is 0 Å². The van der Waals surface area contributed by atoms with Gasteiger partial charge in [0.1, 0.15) is 11.6 Å². The molecule has 3 rings (SSSR count). The predicted octanol–water partition coefficient (Wildman–Crippen LogP) is 2.67. The first-order chi connectivity index (χ1) is 13.7. The molecule has 2 unspecified atom stereocenters. The van der Waals surface area contributed by atoms with Gasteiger partial charge in [-0.2, -0.15) is 0 Å². The van der Waals surface area contributed by atoms with Crippen molar-refractivity contribution in [3.8, 4) is 11.3 Å². The highest BCUT2D eigenvalue weighted by Gasteiger charge is 2.36. The Hall–Kier alpha value is -2.68. The third-order valence-corrected chi connectivity index (χ3v) is 6.59. The van der Waals surface area contributed by atoms with Crippen molar-refractivity contribution in [3.05, 3.63) is 48.0 Å². The van der Waals surface area contributed by atoms with E-state index in [1.54, 1.807) is 13.0 Å². The molecule has 0 spiro atoms. The zero-order valence-corrected chi connectivity index (χ0v) is 16.9. The first kappa shape index (κ1) is 21.0. The van der Waals surface area contributed by atoms with Gasteiger partial charge in [0.05, 0.1) is 11.5 Å². The highest BCUT2D eigenvalue weighted by atomic mass is 32.2. The SMILES string of the molecule is CCN(C(=O)C(C)OC(=O)c1ccc(-c2ccc(F)cc2)o1)C1CCS(=O)(=O)C1. The number of rotatable bonds is 6. The maximum Gasteiger partial charge on any atom is 0.375 e. The monoisotopic (exact) mass is 423 g/mol. The number of hydrogen-bond donors (Lipinski definition) is 0. The molecule has 9 heteroatoms. The molecule has 0 saturated carbocycles. The smallest absolute Gasteiger partial charge is 0.375 e. The molecule has 1 aliphatic heterocycles. The maximum atomic E-state index is 13.0. The summed E-state index contributed by atoms with van der Waals surface area (Å²) in [5.41, 5.74) is 0.592. The maximum absolute atomic E-state index is 13.0. The molecule has 1 aromatic heterocycles. The van der Waals surface area contributed by atoms with Crippen molar-refractivity contribution in [3.63, 3.8) is 0 Å². The molecule has 7 nitrogen and oxygen atoms in total. The minimum atomic E-state index is -3.14. The lowest BCUT2D eigenvalue weighted by atomic mass is 10.2. The second-order valence-corrected chi connectivity index (χ2v) is 9.13. The van der Waals surface area contributed by atoms with Crippen LogP contribution in [-0.2, 0) is 19.4 Å². The number of ether oxygens (including phenoxy) is 1. The van der Waals surface area contributed by atoms with Crippen LogP contribution in [0.4, 0.5) is 4.39 Å². The fourth-order valence-electron chi connectivity index (χ4n) is 3.33. The van der Waals surface area contributed by atoms with Gasteiger partial charge in [-0.05, 0) is 56.7 Å². The lowest BCUT2D eigenvalue weighted by Gasteiger charge is -2.29. The molecule has 1 aliphatic rings. The second kappa shape index (κ2) is 8.36. The van der Waals surface area contributed by atoms with Gasteiger partial charge in [0, 0.05) is 18.2 Å². The van der Waals surface area contributed by atoms with Crippen molar-refractivity contribution in [2.75, 3.05) is 18.1 Å². The van der Waals surface area contributed by atoms with Crippen molar-refractivity contribution in [2.24, 2.45) is 0 Å². The molecule has 0 N–H and O–H groups in total. The number of likely N-dealkylation sites (N-methyl/N-ethyl adjacent to an activating group) is 1. The number of hydrogen-bond acceptors (Lipinski definition) is 6. The number of carbonyl (C=O) groups excluding carboxylic acids is 2. The molecule has 2 heterocycles. The highest BCUT2D eigenvalue weighted by Crippen LogP contribution is 2.24. The Labute approximate surface area is 168 Å². The Kier molecular flexibility index (Phi) is 6.07. The van der Waals surface area contributed by atoms with Crippen molar-refractivity contribution < 1.29 is 31.6 Å². The number of carbonyl (C=O) groups is 2. The van der Waals surface area contributed by atoms with E-state index >= 15 is 0 Å². The summed E-state index contributed by atoms with van der Waals surface area (Å²) in [6.45, 7) is 3.51. The van der Waals surface area contributed by atoms with Crippen LogP contribution >= 0.6 is 0 Å². The molecule has 0 aliphatic carbocycles. The Morgan fingerprint density at radius 1 is 1.24 bits per heavy atom. The Morgan fingerprint density at radius 2 is 1.93 bits per heavy atom. The average Bonchev–Trinajstić information content (AvgIpc) is 3.30. The van der Waals surface area contributed by atoms with Gasteiger partial charge in [0.15, 0.2) is 15.9 Å². The Bertz CT molecular complexity index is 998. The largest absolute Gasteiger partial charge is 0.449 e. The summed E-state index contributed by atoms with van der Waals surface area (Å²) in [7, 11) is -3.14. The van der Waals surface area contributed by atoms with E-state index in [1.807, 2.05) is 0 Å². The first-order valence-corrected chi connectivity index (χ1v) is 11.1. The molecule has 1 aromatic carbocycles. The molecule has 2 aromatic rings. The van der Waals surface area contributed by atoms with Crippen molar-refractivity contribution in [2.45, 2.75) is 32.4 Å². The lowest BCUT2D eigenvalue weighted by Crippen LogP contribution is -2.46. The summed E-state index contributed by atoms with van der Waals surface area (Å²) >= 11 is 0. The molecular formula is C20H22FNO6S. The summed E-state index contributed by atoms with van der Waals surface area (Å²) in [5, 5.41) is 0. The second-order valence-electron chi connectivity index (χ2n) is 6.90. The van der Waals surface area contributed by atoms with Gasteiger partial charge in [0.25, 0.3) is 5.91 Å². The molecule has 29 heavy (non-hydrogen) atoms. The number of esters is 1. The van der Waals surface area contributed by atoms with Crippen LogP contribution in [0.25, 0.3) is 11.3 Å². The first-order valence-electron chi connectivity index (χ1n) is 9.28. The van der Waals surface area contributed by atoms with Gasteiger partial charge in [-0.25, -0.2) is 17.6 Å². The van der Waals surface area contributed by atoms with E-state index < -0.39 is 33.9 Å². The van der Waals surface area contributed by atoms with Crippen LogP contribution in [0.2, 0.25) is 0 Å². The van der Waals surface area contributed by atoms with Crippen molar-refractivity contribution in [1.29, 1.82) is 0 Å². The summed E-state index contributed by atoms with van der Waals surface area (Å²) < 4.78 is 47.1. The summed E-state index contributed by atoms with van der Waals surface area (Å²) in [6.07, 6.45) is -0.716. The van der Waals surface area contributed by atoms with E-state index in [2.05, 4.69) is 0 Å². The number of furan rings is 1. The topological polar surface area (TPSA) is 93.9 Å². The number of halogens is 1. The summed E-state index contributed by atoms with van der Waals surface area (Å²) in [6, 6.07) is 8.15. The number of sulfone groups is 1. The van der Waals surface area contributed by atoms with Gasteiger partial charge in [-0.15, -0.1) is 0 Å². The van der Waals surface area contributed by atoms with E-state index in [1.165, 1.54) is 42.2 Å². The van der Waals surface area contributed by atoms with Crippen LogP contribution in [0, 0.1) is 5.82 Å². The van der Waals surface area contributed by atoms with E-state index in [4.69, 9.17) is 9.15 Å². The Morgan fingerprint density at radius 3 is 2.52 bits per heavy atom. The quantitative estimate of drug-likeness (QED) is 0.663. The van der Waals surface area contributed by atoms with Gasteiger partial charge in [-0.3, -0.25) is 4.79 Å². The third-order valence-electron chi connectivity index (χ3n) is 4.84. The van der Waals surface area contributed by atoms with Crippen molar-refractivity contribution in [1.82, 2.24) is 4.90 Å². The van der Waals surface area contributed by atoms with Crippen LogP contribution < -0.4 is 0 Å². The van der Waals surface area contributed by atoms with Crippen LogP contribution in [0.1, 0.15) is 30.8 Å². The molecule has 1 fully saturated rings. The van der Waals surface area contributed by atoms with E-state index in [0.717, 1.165) is 0 Å².